The van der Waals surface area contributed by atoms with Crippen LogP contribution in [0, 0.1) is 0 Å². The molecule has 0 saturated carbocycles. The highest BCUT2D eigenvalue weighted by molar-refractivity contribution is 6.00. The van der Waals surface area contributed by atoms with Crippen LogP contribution in [-0.2, 0) is 13.0 Å². The lowest BCUT2D eigenvalue weighted by Gasteiger charge is -2.05. The lowest BCUT2D eigenvalue weighted by atomic mass is 10.0. The monoisotopic (exact) mass is 264 g/mol. The van der Waals surface area contributed by atoms with Gasteiger partial charge in [-0.3, -0.25) is 4.79 Å². The van der Waals surface area contributed by atoms with Crippen LogP contribution in [0.25, 0.3) is 10.8 Å². The average Bonchev–Trinajstić information content (AvgIpc) is 2.94. The maximum Gasteiger partial charge on any atom is 0.170 e. The topological polar surface area (TPSA) is 34.9 Å². The van der Waals surface area contributed by atoms with Crippen molar-refractivity contribution in [2.45, 2.75) is 19.9 Å². The maximum absolute atomic E-state index is 12.4. The van der Waals surface area contributed by atoms with Crippen LogP contribution in [0.3, 0.4) is 0 Å². The van der Waals surface area contributed by atoms with Gasteiger partial charge in [-0.2, -0.15) is 0 Å². The molecule has 0 N–H and O–H groups in total. The van der Waals surface area contributed by atoms with Gasteiger partial charge in [0.05, 0.1) is 6.42 Å². The quantitative estimate of drug-likeness (QED) is 0.676. The fourth-order valence-corrected chi connectivity index (χ4v) is 2.40. The molecule has 3 heteroatoms. The highest BCUT2D eigenvalue weighted by Crippen LogP contribution is 2.17. The average molecular weight is 264 g/mol. The summed E-state index contributed by atoms with van der Waals surface area (Å²) in [5, 5.41) is 2.25. The largest absolute Gasteiger partial charge is 0.335 e. The lowest BCUT2D eigenvalue weighted by Crippen LogP contribution is -2.09. The van der Waals surface area contributed by atoms with Crippen LogP contribution in [0.2, 0.25) is 0 Å². The molecule has 0 unspecified atom stereocenters. The Morgan fingerprint density at radius 2 is 1.95 bits per heavy atom. The summed E-state index contributed by atoms with van der Waals surface area (Å²) in [5.74, 6) is 0.933. The number of fused-ring (bicyclic) bond motifs is 1. The zero-order valence-corrected chi connectivity index (χ0v) is 11.4. The number of hydrogen-bond acceptors (Lipinski definition) is 2. The van der Waals surface area contributed by atoms with Gasteiger partial charge in [0, 0.05) is 24.5 Å². The van der Waals surface area contributed by atoms with E-state index in [2.05, 4.69) is 4.98 Å². The number of aromatic nitrogens is 2. The molecule has 1 aromatic heterocycles. The molecule has 3 rings (SSSR count). The standard InChI is InChI=1S/C17H16N2O/c1-2-19-10-9-18-17(19)12-16(20)15-8-7-13-5-3-4-6-14(13)11-15/h3-11H,2,12H2,1H3. The van der Waals surface area contributed by atoms with Crippen molar-refractivity contribution in [1.82, 2.24) is 9.55 Å². The Morgan fingerprint density at radius 1 is 1.15 bits per heavy atom. The number of ketones is 1. The van der Waals surface area contributed by atoms with Crippen molar-refractivity contribution in [3.05, 3.63) is 66.2 Å². The Hall–Kier alpha value is -2.42. The molecule has 20 heavy (non-hydrogen) atoms. The molecule has 0 amide bonds. The number of hydrogen-bond donors (Lipinski definition) is 0. The van der Waals surface area contributed by atoms with Crippen molar-refractivity contribution < 1.29 is 4.79 Å². The Balaban J connectivity index is 1.89. The molecule has 1 heterocycles. The molecular formula is C17H16N2O. The van der Waals surface area contributed by atoms with Crippen molar-refractivity contribution in [3.63, 3.8) is 0 Å². The van der Waals surface area contributed by atoms with E-state index in [0.29, 0.717) is 6.42 Å². The van der Waals surface area contributed by atoms with Gasteiger partial charge in [0.2, 0.25) is 0 Å². The highest BCUT2D eigenvalue weighted by atomic mass is 16.1. The molecule has 2 aromatic carbocycles. The summed E-state index contributed by atoms with van der Waals surface area (Å²) >= 11 is 0. The van der Waals surface area contributed by atoms with Gasteiger partial charge in [0.25, 0.3) is 0 Å². The second kappa shape index (κ2) is 5.29. The van der Waals surface area contributed by atoms with Gasteiger partial charge in [0.1, 0.15) is 5.82 Å². The molecular weight excluding hydrogens is 248 g/mol. The maximum atomic E-state index is 12.4. The zero-order valence-electron chi connectivity index (χ0n) is 11.4. The van der Waals surface area contributed by atoms with Gasteiger partial charge in [-0.05, 0) is 23.8 Å². The second-order valence-corrected chi connectivity index (χ2v) is 4.79. The number of imidazole rings is 1. The third-order valence-corrected chi connectivity index (χ3v) is 3.53. The molecule has 0 fully saturated rings. The number of carbonyl (C=O) groups is 1. The first-order chi connectivity index (χ1) is 9.78. The third kappa shape index (κ3) is 2.35. The summed E-state index contributed by atoms with van der Waals surface area (Å²) in [6.45, 7) is 2.88. The molecule has 3 nitrogen and oxygen atoms in total. The third-order valence-electron chi connectivity index (χ3n) is 3.53. The van der Waals surface area contributed by atoms with E-state index in [9.17, 15) is 4.79 Å². The Kier molecular flexibility index (Phi) is 3.33. The lowest BCUT2D eigenvalue weighted by molar-refractivity contribution is 0.0990. The van der Waals surface area contributed by atoms with Crippen LogP contribution in [0.1, 0.15) is 23.1 Å². The predicted molar refractivity (Wildman–Crippen MR) is 79.9 cm³/mol. The zero-order chi connectivity index (χ0) is 13.9. The molecule has 3 aromatic rings. The van der Waals surface area contributed by atoms with Crippen molar-refractivity contribution in [1.29, 1.82) is 0 Å². The van der Waals surface area contributed by atoms with Crippen LogP contribution >= 0.6 is 0 Å². The Bertz CT molecular complexity index is 758. The smallest absolute Gasteiger partial charge is 0.170 e. The summed E-state index contributed by atoms with van der Waals surface area (Å²) < 4.78 is 2.00. The van der Waals surface area contributed by atoms with Crippen LogP contribution in [-0.4, -0.2) is 15.3 Å². The molecule has 0 bridgehead atoms. The number of carbonyl (C=O) groups excluding carboxylic acids is 1. The highest BCUT2D eigenvalue weighted by Gasteiger charge is 2.11. The molecule has 0 radical (unpaired) electrons. The van der Waals surface area contributed by atoms with Crippen LogP contribution in [0.4, 0.5) is 0 Å². The molecule has 0 aliphatic rings. The minimum Gasteiger partial charge on any atom is -0.335 e. The van der Waals surface area contributed by atoms with Crippen molar-refractivity contribution >= 4 is 16.6 Å². The van der Waals surface area contributed by atoms with Gasteiger partial charge in [-0.1, -0.05) is 36.4 Å². The van der Waals surface area contributed by atoms with E-state index in [4.69, 9.17) is 0 Å². The summed E-state index contributed by atoms with van der Waals surface area (Å²) in [7, 11) is 0. The number of benzene rings is 2. The van der Waals surface area contributed by atoms with Gasteiger partial charge in [-0.25, -0.2) is 4.98 Å². The Morgan fingerprint density at radius 3 is 2.75 bits per heavy atom. The van der Waals surface area contributed by atoms with E-state index in [1.54, 1.807) is 6.20 Å². The molecule has 100 valence electrons. The second-order valence-electron chi connectivity index (χ2n) is 4.79. The van der Waals surface area contributed by atoms with Crippen LogP contribution in [0.15, 0.2) is 54.9 Å². The molecule has 0 atom stereocenters. The fourth-order valence-electron chi connectivity index (χ4n) is 2.40. The normalized spacial score (nSPS) is 10.8. The van der Waals surface area contributed by atoms with Gasteiger partial charge in [-0.15, -0.1) is 0 Å². The van der Waals surface area contributed by atoms with E-state index >= 15 is 0 Å². The summed E-state index contributed by atoms with van der Waals surface area (Å²) in [6.07, 6.45) is 3.99. The van der Waals surface area contributed by atoms with E-state index in [1.807, 2.05) is 60.2 Å². The number of Topliss-reactive ketones (excluding diaryl/α,β-unsaturated/α-hetero) is 1. The Labute approximate surface area is 117 Å². The van der Waals surface area contributed by atoms with Crippen LogP contribution in [0.5, 0.6) is 0 Å². The molecule has 0 spiro atoms. The fraction of sp³-hybridized carbons (Fsp3) is 0.176. The number of rotatable bonds is 4. The van der Waals surface area contributed by atoms with E-state index in [0.717, 1.165) is 28.7 Å². The van der Waals surface area contributed by atoms with E-state index in [-0.39, 0.29) is 5.78 Å². The first-order valence-electron chi connectivity index (χ1n) is 6.80. The van der Waals surface area contributed by atoms with Crippen LogP contribution < -0.4 is 0 Å². The summed E-state index contributed by atoms with van der Waals surface area (Å²) in [5.41, 5.74) is 0.745. The van der Waals surface area contributed by atoms with Crippen molar-refractivity contribution in [2.24, 2.45) is 0 Å². The minimum atomic E-state index is 0.108. The molecule has 0 aliphatic carbocycles. The predicted octanol–water partition coefficient (Wildman–Crippen LogP) is 3.48. The van der Waals surface area contributed by atoms with Crippen molar-refractivity contribution in [3.8, 4) is 0 Å². The minimum absolute atomic E-state index is 0.108. The first kappa shape index (κ1) is 12.6. The first-order valence-corrected chi connectivity index (χ1v) is 6.80. The van der Waals surface area contributed by atoms with Gasteiger partial charge in [0.15, 0.2) is 5.78 Å². The molecule has 0 aliphatic heterocycles. The molecule has 0 saturated heterocycles. The van der Waals surface area contributed by atoms with Gasteiger partial charge >= 0.3 is 0 Å². The van der Waals surface area contributed by atoms with E-state index in [1.165, 1.54) is 0 Å². The number of aryl methyl sites for hydroxylation is 1. The number of nitrogens with zero attached hydrogens (tertiary/aromatic N) is 2. The van der Waals surface area contributed by atoms with Crippen molar-refractivity contribution in [2.75, 3.05) is 0 Å². The summed E-state index contributed by atoms with van der Waals surface area (Å²) in [4.78, 5) is 16.6. The van der Waals surface area contributed by atoms with E-state index < -0.39 is 0 Å². The van der Waals surface area contributed by atoms with Gasteiger partial charge < -0.3 is 4.57 Å². The SMILES string of the molecule is CCn1ccnc1CC(=O)c1ccc2ccccc2c1. The summed E-state index contributed by atoms with van der Waals surface area (Å²) in [6, 6.07) is 13.9.